The van der Waals surface area contributed by atoms with E-state index in [4.69, 9.17) is 4.74 Å². The van der Waals surface area contributed by atoms with Gasteiger partial charge in [-0.05, 0) is 65.1 Å². The molecule has 0 amide bonds. The van der Waals surface area contributed by atoms with Gasteiger partial charge in [0, 0.05) is 0 Å². The Labute approximate surface area is 129 Å². The van der Waals surface area contributed by atoms with Crippen molar-refractivity contribution in [1.29, 1.82) is 0 Å². The van der Waals surface area contributed by atoms with E-state index < -0.39 is 0 Å². The molecule has 2 nitrogen and oxygen atoms in total. The lowest BCUT2D eigenvalue weighted by Gasteiger charge is -2.10. The molecule has 0 atom stereocenters. The molecule has 2 rings (SSSR count). The van der Waals surface area contributed by atoms with Crippen LogP contribution in [0.5, 0.6) is 5.75 Å². The van der Waals surface area contributed by atoms with Crippen LogP contribution >= 0.6 is 15.9 Å². The normalized spacial score (nSPS) is 10.9. The molecule has 0 aliphatic carbocycles. The van der Waals surface area contributed by atoms with Crippen LogP contribution in [-0.2, 0) is 0 Å². The Morgan fingerprint density at radius 1 is 1.05 bits per heavy atom. The highest BCUT2D eigenvalue weighted by Crippen LogP contribution is 2.33. The van der Waals surface area contributed by atoms with E-state index in [-0.39, 0.29) is 0 Å². The van der Waals surface area contributed by atoms with Gasteiger partial charge < -0.3 is 10.1 Å². The molecule has 0 saturated carbocycles. The maximum absolute atomic E-state index is 5.88. The number of fused-ring (bicyclic) bond motifs is 1. The Bertz CT molecular complexity index is 542. The van der Waals surface area contributed by atoms with Gasteiger partial charge in [0.25, 0.3) is 0 Å². The van der Waals surface area contributed by atoms with Crippen LogP contribution in [-0.4, -0.2) is 19.7 Å². The van der Waals surface area contributed by atoms with Crippen molar-refractivity contribution in [2.45, 2.75) is 26.2 Å². The molecule has 20 heavy (non-hydrogen) atoms. The van der Waals surface area contributed by atoms with E-state index in [0.29, 0.717) is 0 Å². The first-order valence-electron chi connectivity index (χ1n) is 7.33. The zero-order valence-electron chi connectivity index (χ0n) is 12.0. The molecular weight excluding hydrogens is 314 g/mol. The second-order valence-corrected chi connectivity index (χ2v) is 5.70. The molecule has 1 N–H and O–H groups in total. The first kappa shape index (κ1) is 15.3. The maximum Gasteiger partial charge on any atom is 0.134 e. The largest absolute Gasteiger partial charge is 0.492 e. The van der Waals surface area contributed by atoms with Crippen LogP contribution < -0.4 is 10.1 Å². The second kappa shape index (κ2) is 8.28. The number of benzene rings is 2. The summed E-state index contributed by atoms with van der Waals surface area (Å²) in [5.74, 6) is 0.935. The standard InChI is InChI=1S/C17H22BrNO/c1-2-11-19-12-5-6-13-20-16-10-9-14-7-3-4-8-15(14)17(16)18/h3-4,7-10,19H,2,5-6,11-13H2,1H3. The maximum atomic E-state index is 5.88. The average Bonchev–Trinajstić information content (AvgIpc) is 2.49. The van der Waals surface area contributed by atoms with Gasteiger partial charge in [0.2, 0.25) is 0 Å². The van der Waals surface area contributed by atoms with Crippen molar-refractivity contribution in [3.63, 3.8) is 0 Å². The Kier molecular flexibility index (Phi) is 6.34. The van der Waals surface area contributed by atoms with Crippen molar-refractivity contribution in [3.05, 3.63) is 40.9 Å². The van der Waals surface area contributed by atoms with Gasteiger partial charge in [0.15, 0.2) is 0 Å². The topological polar surface area (TPSA) is 21.3 Å². The third-order valence-electron chi connectivity index (χ3n) is 3.26. The summed E-state index contributed by atoms with van der Waals surface area (Å²) >= 11 is 3.65. The van der Waals surface area contributed by atoms with Crippen molar-refractivity contribution in [1.82, 2.24) is 5.32 Å². The number of ether oxygens (including phenoxy) is 1. The van der Waals surface area contributed by atoms with Crippen LogP contribution in [0.15, 0.2) is 40.9 Å². The Balaban J connectivity index is 1.83. The Morgan fingerprint density at radius 3 is 2.75 bits per heavy atom. The van der Waals surface area contributed by atoms with Gasteiger partial charge in [0.05, 0.1) is 11.1 Å². The smallest absolute Gasteiger partial charge is 0.134 e. The third-order valence-corrected chi connectivity index (χ3v) is 4.08. The Hall–Kier alpha value is -1.06. The predicted octanol–water partition coefficient (Wildman–Crippen LogP) is 4.76. The summed E-state index contributed by atoms with van der Waals surface area (Å²) in [6, 6.07) is 12.5. The van der Waals surface area contributed by atoms with Crippen LogP contribution in [0.25, 0.3) is 10.8 Å². The van der Waals surface area contributed by atoms with Crippen LogP contribution in [0.1, 0.15) is 26.2 Å². The SMILES string of the molecule is CCCNCCCCOc1ccc2ccccc2c1Br. The third kappa shape index (κ3) is 4.22. The number of rotatable bonds is 8. The molecule has 0 heterocycles. The number of halogens is 1. The number of hydrogen-bond donors (Lipinski definition) is 1. The van der Waals surface area contributed by atoms with Gasteiger partial charge in [-0.1, -0.05) is 37.3 Å². The van der Waals surface area contributed by atoms with Gasteiger partial charge in [0.1, 0.15) is 5.75 Å². The lowest BCUT2D eigenvalue weighted by molar-refractivity contribution is 0.304. The zero-order chi connectivity index (χ0) is 14.2. The highest BCUT2D eigenvalue weighted by atomic mass is 79.9. The molecule has 2 aromatic rings. The molecule has 0 aliphatic heterocycles. The molecule has 0 unspecified atom stereocenters. The molecule has 2 aromatic carbocycles. The van der Waals surface area contributed by atoms with Gasteiger partial charge in [-0.3, -0.25) is 0 Å². The molecule has 3 heteroatoms. The summed E-state index contributed by atoms with van der Waals surface area (Å²) in [4.78, 5) is 0. The molecule has 0 radical (unpaired) electrons. The van der Waals surface area contributed by atoms with Crippen molar-refractivity contribution in [3.8, 4) is 5.75 Å². The summed E-state index contributed by atoms with van der Waals surface area (Å²) in [6.45, 7) is 5.14. The number of nitrogens with one attached hydrogen (secondary N) is 1. The first-order valence-corrected chi connectivity index (χ1v) is 8.13. The summed E-state index contributed by atoms with van der Waals surface area (Å²) in [7, 11) is 0. The fourth-order valence-corrected chi connectivity index (χ4v) is 2.77. The molecular formula is C17H22BrNO. The lowest BCUT2D eigenvalue weighted by atomic mass is 10.1. The van der Waals surface area contributed by atoms with E-state index in [1.165, 1.54) is 17.2 Å². The molecule has 0 spiro atoms. The summed E-state index contributed by atoms with van der Waals surface area (Å²) in [6.07, 6.45) is 3.43. The minimum Gasteiger partial charge on any atom is -0.492 e. The molecule has 0 aliphatic rings. The minimum absolute atomic E-state index is 0.769. The van der Waals surface area contributed by atoms with Crippen molar-refractivity contribution in [2.24, 2.45) is 0 Å². The van der Waals surface area contributed by atoms with E-state index in [1.807, 2.05) is 6.07 Å². The lowest BCUT2D eigenvalue weighted by Crippen LogP contribution is -2.16. The van der Waals surface area contributed by atoms with Crippen molar-refractivity contribution in [2.75, 3.05) is 19.7 Å². The van der Waals surface area contributed by atoms with E-state index >= 15 is 0 Å². The number of unbranched alkanes of at least 4 members (excludes halogenated alkanes) is 1. The molecule has 0 bridgehead atoms. The van der Waals surface area contributed by atoms with Gasteiger partial charge >= 0.3 is 0 Å². The van der Waals surface area contributed by atoms with Gasteiger partial charge in [-0.25, -0.2) is 0 Å². The van der Waals surface area contributed by atoms with Gasteiger partial charge in [-0.2, -0.15) is 0 Å². The molecule has 0 saturated heterocycles. The molecule has 0 fully saturated rings. The fraction of sp³-hybridized carbons (Fsp3) is 0.412. The quantitative estimate of drug-likeness (QED) is 0.702. The monoisotopic (exact) mass is 335 g/mol. The van der Waals surface area contributed by atoms with E-state index in [1.54, 1.807) is 0 Å². The van der Waals surface area contributed by atoms with Crippen LogP contribution in [0.2, 0.25) is 0 Å². The second-order valence-electron chi connectivity index (χ2n) is 4.90. The molecule has 0 aromatic heterocycles. The van der Waals surface area contributed by atoms with Crippen LogP contribution in [0.4, 0.5) is 0 Å². The van der Waals surface area contributed by atoms with Crippen molar-refractivity contribution >= 4 is 26.7 Å². The Morgan fingerprint density at radius 2 is 1.90 bits per heavy atom. The van der Waals surface area contributed by atoms with Crippen LogP contribution in [0.3, 0.4) is 0 Å². The van der Waals surface area contributed by atoms with E-state index in [0.717, 1.165) is 42.8 Å². The van der Waals surface area contributed by atoms with Crippen LogP contribution in [0, 0.1) is 0 Å². The summed E-state index contributed by atoms with van der Waals surface area (Å²) in [5.41, 5.74) is 0. The van der Waals surface area contributed by atoms with Gasteiger partial charge in [-0.15, -0.1) is 0 Å². The fourth-order valence-electron chi connectivity index (χ4n) is 2.16. The predicted molar refractivity (Wildman–Crippen MR) is 89.5 cm³/mol. The van der Waals surface area contributed by atoms with E-state index in [9.17, 15) is 0 Å². The number of hydrogen-bond acceptors (Lipinski definition) is 2. The highest BCUT2D eigenvalue weighted by Gasteiger charge is 2.05. The summed E-state index contributed by atoms with van der Waals surface area (Å²) < 4.78 is 6.93. The summed E-state index contributed by atoms with van der Waals surface area (Å²) in [5, 5.41) is 5.84. The van der Waals surface area contributed by atoms with Crippen molar-refractivity contribution < 1.29 is 4.74 Å². The van der Waals surface area contributed by atoms with E-state index in [2.05, 4.69) is 58.5 Å². The first-order chi connectivity index (χ1) is 9.83. The highest BCUT2D eigenvalue weighted by molar-refractivity contribution is 9.10. The molecule has 108 valence electrons. The average molecular weight is 336 g/mol. The minimum atomic E-state index is 0.769. The zero-order valence-corrected chi connectivity index (χ0v) is 13.6.